The van der Waals surface area contributed by atoms with E-state index < -0.39 is 18.0 Å². The number of rotatable bonds is 4. The highest BCUT2D eigenvalue weighted by atomic mass is 35.5. The van der Waals surface area contributed by atoms with Gasteiger partial charge in [0.15, 0.2) is 0 Å². The van der Waals surface area contributed by atoms with Gasteiger partial charge in [-0.3, -0.25) is 4.90 Å². The van der Waals surface area contributed by atoms with Crippen molar-refractivity contribution in [2.24, 2.45) is 0 Å². The molecule has 1 aromatic heterocycles. The molecule has 1 aromatic carbocycles. The van der Waals surface area contributed by atoms with Gasteiger partial charge in [-0.2, -0.15) is 13.2 Å². The van der Waals surface area contributed by atoms with Crippen LogP contribution >= 0.6 is 11.6 Å². The molecular weight excluding hydrogens is 421 g/mol. The van der Waals surface area contributed by atoms with Crippen molar-refractivity contribution in [3.05, 3.63) is 47.2 Å². The van der Waals surface area contributed by atoms with E-state index in [0.717, 1.165) is 43.9 Å². The number of nitrogens with zero attached hydrogens (tertiary/aromatic N) is 4. The molecule has 2 unspecified atom stereocenters. The van der Waals surface area contributed by atoms with Gasteiger partial charge in [-0.05, 0) is 43.2 Å². The molecule has 0 amide bonds. The van der Waals surface area contributed by atoms with E-state index in [1.807, 2.05) is 12.1 Å². The number of hydrogen-bond acceptors (Lipinski definition) is 6. The van der Waals surface area contributed by atoms with Crippen LogP contribution < -0.4 is 9.64 Å². The molecule has 30 heavy (non-hydrogen) atoms. The van der Waals surface area contributed by atoms with E-state index in [-0.39, 0.29) is 24.6 Å². The molecule has 4 rings (SSSR count). The van der Waals surface area contributed by atoms with Crippen molar-refractivity contribution in [2.75, 3.05) is 31.1 Å². The van der Waals surface area contributed by atoms with E-state index in [2.05, 4.69) is 14.9 Å². The lowest BCUT2D eigenvalue weighted by Gasteiger charge is -2.36. The van der Waals surface area contributed by atoms with Gasteiger partial charge in [0.1, 0.15) is 17.5 Å². The van der Waals surface area contributed by atoms with Crippen LogP contribution in [0.5, 0.6) is 5.75 Å². The molecule has 0 radical (unpaired) electrons. The van der Waals surface area contributed by atoms with Gasteiger partial charge in [0.2, 0.25) is 5.95 Å². The summed E-state index contributed by atoms with van der Waals surface area (Å²) in [6, 6.07) is 7.90. The number of aliphatic hydroxyl groups excluding tert-OH is 1. The van der Waals surface area contributed by atoms with E-state index in [9.17, 15) is 18.3 Å². The lowest BCUT2D eigenvalue weighted by Crippen LogP contribution is -2.49. The van der Waals surface area contributed by atoms with Crippen LogP contribution in [0.25, 0.3) is 0 Å². The number of halogens is 4. The first-order valence-corrected chi connectivity index (χ1v) is 10.2. The zero-order valence-corrected chi connectivity index (χ0v) is 16.9. The van der Waals surface area contributed by atoms with Crippen molar-refractivity contribution in [3.63, 3.8) is 0 Å². The third kappa shape index (κ3) is 4.79. The minimum Gasteiger partial charge on any atom is -0.490 e. The van der Waals surface area contributed by atoms with Gasteiger partial charge in [-0.15, -0.1) is 0 Å². The van der Waals surface area contributed by atoms with Gasteiger partial charge in [0, 0.05) is 37.4 Å². The maximum Gasteiger partial charge on any atom is 0.433 e. The number of aromatic nitrogens is 2. The van der Waals surface area contributed by atoms with Crippen molar-refractivity contribution >= 4 is 17.5 Å². The van der Waals surface area contributed by atoms with Gasteiger partial charge < -0.3 is 14.7 Å². The summed E-state index contributed by atoms with van der Waals surface area (Å²) in [5, 5.41) is 11.2. The first kappa shape index (κ1) is 21.1. The van der Waals surface area contributed by atoms with Gasteiger partial charge in [0.05, 0.1) is 12.1 Å². The number of β-amino-alcohol motifs (C(OH)–C–C–N with tert-alkyl or cyclic N) is 1. The molecule has 2 fully saturated rings. The number of ether oxygens (including phenoxy) is 1. The molecule has 6 nitrogen and oxygen atoms in total. The van der Waals surface area contributed by atoms with Gasteiger partial charge >= 0.3 is 6.18 Å². The van der Waals surface area contributed by atoms with Crippen LogP contribution in [0.3, 0.4) is 0 Å². The summed E-state index contributed by atoms with van der Waals surface area (Å²) in [6.07, 6.45) is -2.44. The summed E-state index contributed by atoms with van der Waals surface area (Å²) in [5.74, 6) is 0.763. The molecule has 2 aliphatic rings. The van der Waals surface area contributed by atoms with Gasteiger partial charge in [-0.1, -0.05) is 11.6 Å². The number of anilines is 1. The topological polar surface area (TPSA) is 61.7 Å². The molecule has 2 aliphatic heterocycles. The molecule has 1 N–H and O–H groups in total. The molecule has 0 spiro atoms. The van der Waals surface area contributed by atoms with Crippen molar-refractivity contribution in [1.29, 1.82) is 0 Å². The van der Waals surface area contributed by atoms with E-state index in [4.69, 9.17) is 16.3 Å². The fourth-order valence-electron chi connectivity index (χ4n) is 3.98. The van der Waals surface area contributed by atoms with Gasteiger partial charge in [0.25, 0.3) is 0 Å². The Kier molecular flexibility index (Phi) is 6.04. The largest absolute Gasteiger partial charge is 0.490 e. The predicted octanol–water partition coefficient (Wildman–Crippen LogP) is 3.24. The minimum atomic E-state index is -4.53. The second-order valence-electron chi connectivity index (χ2n) is 7.59. The summed E-state index contributed by atoms with van der Waals surface area (Å²) in [4.78, 5) is 11.4. The monoisotopic (exact) mass is 442 g/mol. The second-order valence-corrected chi connectivity index (χ2v) is 8.02. The molecule has 162 valence electrons. The Morgan fingerprint density at radius 2 is 1.77 bits per heavy atom. The SMILES string of the molecule is OC1CN(c2nccc(C(F)(F)F)n2)CC1N1CCC(Oc2ccc(Cl)cc2)CC1. The highest BCUT2D eigenvalue weighted by Crippen LogP contribution is 2.30. The Balaban J connectivity index is 1.34. The first-order chi connectivity index (χ1) is 14.3. The molecule has 2 saturated heterocycles. The molecular formula is C20H22ClF3N4O2. The summed E-state index contributed by atoms with van der Waals surface area (Å²) in [7, 11) is 0. The van der Waals surface area contributed by atoms with Crippen LogP contribution in [-0.2, 0) is 6.18 Å². The highest BCUT2D eigenvalue weighted by molar-refractivity contribution is 6.30. The Morgan fingerprint density at radius 1 is 1.07 bits per heavy atom. The summed E-state index contributed by atoms with van der Waals surface area (Å²) < 4.78 is 44.8. The molecule has 0 bridgehead atoms. The fraction of sp³-hybridized carbons (Fsp3) is 0.500. The summed E-state index contributed by atoms with van der Waals surface area (Å²) in [6.45, 7) is 2.05. The second kappa shape index (κ2) is 8.56. The third-order valence-corrected chi connectivity index (χ3v) is 5.79. The van der Waals surface area contributed by atoms with Crippen molar-refractivity contribution in [1.82, 2.24) is 14.9 Å². The van der Waals surface area contributed by atoms with Crippen LogP contribution in [0.15, 0.2) is 36.5 Å². The zero-order valence-electron chi connectivity index (χ0n) is 16.1. The Hall–Kier alpha value is -2.10. The maximum absolute atomic E-state index is 12.9. The molecule has 0 aliphatic carbocycles. The molecule has 0 saturated carbocycles. The Labute approximate surface area is 177 Å². The molecule has 2 aromatic rings. The van der Waals surface area contributed by atoms with E-state index in [0.29, 0.717) is 11.6 Å². The average Bonchev–Trinajstić information content (AvgIpc) is 3.11. The average molecular weight is 443 g/mol. The Morgan fingerprint density at radius 3 is 2.43 bits per heavy atom. The van der Waals surface area contributed by atoms with E-state index in [1.54, 1.807) is 17.0 Å². The molecule has 3 heterocycles. The minimum absolute atomic E-state index is 0.00710. The number of aliphatic hydroxyl groups is 1. The number of alkyl halides is 3. The smallest absolute Gasteiger partial charge is 0.433 e. The first-order valence-electron chi connectivity index (χ1n) is 9.79. The summed E-state index contributed by atoms with van der Waals surface area (Å²) in [5.41, 5.74) is -0.981. The maximum atomic E-state index is 12.9. The van der Waals surface area contributed by atoms with Crippen molar-refractivity contribution < 1.29 is 23.0 Å². The number of benzene rings is 1. The number of likely N-dealkylation sites (tertiary alicyclic amines) is 1. The lowest BCUT2D eigenvalue weighted by atomic mass is 10.0. The predicted molar refractivity (Wildman–Crippen MR) is 106 cm³/mol. The van der Waals surface area contributed by atoms with Crippen LogP contribution in [-0.4, -0.2) is 64.4 Å². The summed E-state index contributed by atoms with van der Waals surface area (Å²) >= 11 is 5.89. The van der Waals surface area contributed by atoms with E-state index in [1.165, 1.54) is 0 Å². The number of piperidine rings is 1. The van der Waals surface area contributed by atoms with Crippen molar-refractivity contribution in [3.8, 4) is 5.75 Å². The fourth-order valence-corrected chi connectivity index (χ4v) is 4.11. The van der Waals surface area contributed by atoms with E-state index >= 15 is 0 Å². The van der Waals surface area contributed by atoms with Crippen LogP contribution in [0.4, 0.5) is 19.1 Å². The lowest BCUT2D eigenvalue weighted by molar-refractivity contribution is -0.141. The molecule has 2 atom stereocenters. The molecule has 10 heteroatoms. The standard InChI is InChI=1S/C20H22ClF3N4O2/c21-13-1-3-14(4-2-13)30-15-6-9-27(10-7-15)16-11-28(12-17(16)29)19-25-8-5-18(26-19)20(22,23)24/h1-5,8,15-17,29H,6-7,9-12H2. The van der Waals surface area contributed by atoms with Crippen LogP contribution in [0, 0.1) is 0 Å². The normalized spacial score (nSPS) is 23.7. The quantitative estimate of drug-likeness (QED) is 0.784. The zero-order chi connectivity index (χ0) is 21.3. The van der Waals surface area contributed by atoms with Gasteiger partial charge in [-0.25, -0.2) is 9.97 Å². The number of hydrogen-bond donors (Lipinski definition) is 1. The Bertz CT molecular complexity index is 860. The van der Waals surface area contributed by atoms with Crippen LogP contribution in [0.2, 0.25) is 5.02 Å². The third-order valence-electron chi connectivity index (χ3n) is 5.54. The van der Waals surface area contributed by atoms with Crippen molar-refractivity contribution in [2.45, 2.75) is 37.3 Å². The van der Waals surface area contributed by atoms with Crippen LogP contribution in [0.1, 0.15) is 18.5 Å². The highest BCUT2D eigenvalue weighted by Gasteiger charge is 2.39.